The lowest BCUT2D eigenvalue weighted by Gasteiger charge is -2.40. The first-order valence-electron chi connectivity index (χ1n) is 9.85. The van der Waals surface area contributed by atoms with Crippen molar-refractivity contribution in [3.63, 3.8) is 0 Å². The van der Waals surface area contributed by atoms with Gasteiger partial charge in [-0.3, -0.25) is 14.9 Å². The molecule has 1 aliphatic heterocycles. The number of carbonyl (C=O) groups is 1. The van der Waals surface area contributed by atoms with Crippen LogP contribution in [0, 0.1) is 10.1 Å². The van der Waals surface area contributed by atoms with Crippen LogP contribution < -0.4 is 10.3 Å². The van der Waals surface area contributed by atoms with Gasteiger partial charge in [0.1, 0.15) is 5.58 Å². The van der Waals surface area contributed by atoms with E-state index >= 15 is 0 Å². The first kappa shape index (κ1) is 21.6. The highest BCUT2D eigenvalue weighted by Crippen LogP contribution is 2.40. The number of carbonyl (C=O) groups excluding carboxylic acids is 1. The van der Waals surface area contributed by atoms with E-state index < -0.39 is 10.8 Å². The summed E-state index contributed by atoms with van der Waals surface area (Å²) in [5, 5.41) is 15.9. The van der Waals surface area contributed by atoms with Crippen molar-refractivity contribution >= 4 is 51.6 Å². The topological polar surface area (TPSA) is 101 Å². The predicted octanol–water partition coefficient (Wildman–Crippen LogP) is 5.39. The maximum absolute atomic E-state index is 12.4. The summed E-state index contributed by atoms with van der Waals surface area (Å²) < 4.78 is 5.46. The number of nitrogens with one attached hydrogen (secondary N) is 1. The van der Waals surface area contributed by atoms with Gasteiger partial charge in [0.15, 0.2) is 5.76 Å². The number of amides is 1. The fraction of sp³-hybridized carbons (Fsp3) is 0.217. The monoisotopic (exact) mass is 452 g/mol. The van der Waals surface area contributed by atoms with E-state index in [1.165, 1.54) is 30.5 Å². The Morgan fingerprint density at radius 2 is 2.03 bits per heavy atom. The number of anilines is 1. The molecule has 3 aromatic rings. The largest absolute Gasteiger partial charge is 0.451 e. The zero-order valence-electron chi connectivity index (χ0n) is 18.0. The molecule has 1 aromatic heterocycles. The summed E-state index contributed by atoms with van der Waals surface area (Å²) in [6, 6.07) is 9.38. The van der Waals surface area contributed by atoms with Gasteiger partial charge in [-0.05, 0) is 50.6 Å². The molecule has 0 saturated carbocycles. The van der Waals surface area contributed by atoms with Gasteiger partial charge in [0, 0.05) is 41.4 Å². The van der Waals surface area contributed by atoms with Crippen molar-refractivity contribution in [3.8, 4) is 0 Å². The molecular weight excluding hydrogens is 432 g/mol. The van der Waals surface area contributed by atoms with E-state index in [4.69, 9.17) is 16.0 Å². The van der Waals surface area contributed by atoms with Crippen LogP contribution >= 0.6 is 11.6 Å². The van der Waals surface area contributed by atoms with Gasteiger partial charge >= 0.3 is 5.91 Å². The molecule has 0 atom stereocenters. The number of nitrogens with zero attached hydrogens (tertiary/aromatic N) is 3. The summed E-state index contributed by atoms with van der Waals surface area (Å²) in [7, 11) is 2.02. The third-order valence-electron chi connectivity index (χ3n) is 5.64. The number of halogens is 1. The summed E-state index contributed by atoms with van der Waals surface area (Å²) >= 11 is 6.47. The van der Waals surface area contributed by atoms with Crippen LogP contribution in [0.5, 0.6) is 0 Å². The number of benzene rings is 2. The molecule has 1 N–H and O–H groups in total. The molecule has 2 heterocycles. The summed E-state index contributed by atoms with van der Waals surface area (Å²) in [6.07, 6.45) is 3.67. The number of hydrogen-bond acceptors (Lipinski definition) is 6. The average Bonchev–Trinajstić information content (AvgIpc) is 3.16. The average molecular weight is 453 g/mol. The summed E-state index contributed by atoms with van der Waals surface area (Å²) in [6.45, 7) is 6.32. The number of hydrogen-bond donors (Lipinski definition) is 1. The minimum absolute atomic E-state index is 0.00294. The molecular formula is C23H21ClN4O4. The standard InChI is InChI=1S/C23H21ClN4O4/c1-13-11-23(2,3)27(4)19-10-18(24)15(8-17(13)19)12-25-26-22(29)21-9-14-7-16(28(30)31)5-6-20(14)32-21/h5-12H,1-4H3,(H,26,29)/b25-12-. The van der Waals surface area contributed by atoms with Crippen molar-refractivity contribution in [1.29, 1.82) is 0 Å². The molecule has 8 nitrogen and oxygen atoms in total. The minimum atomic E-state index is -0.577. The lowest BCUT2D eigenvalue weighted by molar-refractivity contribution is -0.384. The van der Waals surface area contributed by atoms with Crippen LogP contribution in [0.2, 0.25) is 5.02 Å². The molecule has 0 fully saturated rings. The van der Waals surface area contributed by atoms with Crippen molar-refractivity contribution in [2.24, 2.45) is 5.10 Å². The molecule has 0 bridgehead atoms. The van der Waals surface area contributed by atoms with Crippen molar-refractivity contribution in [2.75, 3.05) is 11.9 Å². The van der Waals surface area contributed by atoms with Gasteiger partial charge in [-0.1, -0.05) is 17.7 Å². The van der Waals surface area contributed by atoms with E-state index in [2.05, 4.69) is 42.3 Å². The Labute approximate surface area is 189 Å². The first-order valence-corrected chi connectivity index (χ1v) is 10.2. The number of non-ortho nitro benzene ring substituents is 1. The Hall–Kier alpha value is -3.65. The van der Waals surface area contributed by atoms with Crippen LogP contribution in [0.4, 0.5) is 11.4 Å². The number of nitro benzene ring substituents is 1. The Bertz CT molecular complexity index is 1320. The molecule has 0 spiro atoms. The van der Waals surface area contributed by atoms with Gasteiger partial charge in [0.25, 0.3) is 5.69 Å². The molecule has 0 saturated heterocycles. The van der Waals surface area contributed by atoms with E-state index in [0.717, 1.165) is 16.8 Å². The zero-order chi connectivity index (χ0) is 23.2. The Morgan fingerprint density at radius 1 is 1.28 bits per heavy atom. The summed E-state index contributed by atoms with van der Waals surface area (Å²) in [5.41, 5.74) is 6.43. The molecule has 32 heavy (non-hydrogen) atoms. The normalized spacial score (nSPS) is 15.0. The minimum Gasteiger partial charge on any atom is -0.451 e. The van der Waals surface area contributed by atoms with Crippen LogP contribution in [-0.4, -0.2) is 29.6 Å². The van der Waals surface area contributed by atoms with Gasteiger partial charge in [0.2, 0.25) is 0 Å². The molecule has 2 aromatic carbocycles. The lowest BCUT2D eigenvalue weighted by Crippen LogP contribution is -2.42. The fourth-order valence-corrected chi connectivity index (χ4v) is 3.97. The SMILES string of the molecule is CC1=CC(C)(C)N(C)c2cc(Cl)c(/C=N\NC(=O)c3cc4cc([N+](=O)[O-])ccc4o3)cc21. The van der Waals surface area contributed by atoms with Crippen LogP contribution in [0.3, 0.4) is 0 Å². The molecule has 0 unspecified atom stereocenters. The van der Waals surface area contributed by atoms with E-state index in [9.17, 15) is 14.9 Å². The van der Waals surface area contributed by atoms with E-state index in [1.54, 1.807) is 0 Å². The number of nitro groups is 1. The molecule has 1 aliphatic rings. The lowest BCUT2D eigenvalue weighted by atomic mass is 9.88. The van der Waals surface area contributed by atoms with Crippen molar-refractivity contribution in [2.45, 2.75) is 26.3 Å². The second kappa shape index (κ2) is 7.80. The number of likely N-dealkylation sites (N-methyl/N-ethyl adjacent to an activating group) is 1. The molecule has 9 heteroatoms. The number of furan rings is 1. The number of rotatable bonds is 4. The Balaban J connectivity index is 1.54. The van der Waals surface area contributed by atoms with Crippen LogP contribution in [-0.2, 0) is 0 Å². The quantitative estimate of drug-likeness (QED) is 0.325. The highest BCUT2D eigenvalue weighted by atomic mass is 35.5. The smallest absolute Gasteiger partial charge is 0.307 e. The van der Waals surface area contributed by atoms with Crippen LogP contribution in [0.15, 0.2) is 52.0 Å². The molecule has 1 amide bonds. The van der Waals surface area contributed by atoms with E-state index in [1.807, 2.05) is 19.2 Å². The number of allylic oxidation sites excluding steroid dienone is 1. The third kappa shape index (κ3) is 3.85. The van der Waals surface area contributed by atoms with Gasteiger partial charge in [0.05, 0.1) is 21.7 Å². The zero-order valence-corrected chi connectivity index (χ0v) is 18.7. The van der Waals surface area contributed by atoms with Crippen LogP contribution in [0.25, 0.3) is 16.5 Å². The van der Waals surface area contributed by atoms with Gasteiger partial charge < -0.3 is 9.32 Å². The number of hydrazone groups is 1. The maximum Gasteiger partial charge on any atom is 0.307 e. The van der Waals surface area contributed by atoms with Gasteiger partial charge in [-0.25, -0.2) is 5.43 Å². The summed E-state index contributed by atoms with van der Waals surface area (Å²) in [4.78, 5) is 25.0. The highest BCUT2D eigenvalue weighted by Gasteiger charge is 2.29. The second-order valence-electron chi connectivity index (χ2n) is 8.22. The molecule has 164 valence electrons. The Morgan fingerprint density at radius 3 is 2.75 bits per heavy atom. The molecule has 4 rings (SSSR count). The van der Waals surface area contributed by atoms with E-state index in [-0.39, 0.29) is 17.0 Å². The number of fused-ring (bicyclic) bond motifs is 2. The van der Waals surface area contributed by atoms with Crippen molar-refractivity contribution in [3.05, 3.63) is 74.5 Å². The first-order chi connectivity index (χ1) is 15.1. The Kier molecular flexibility index (Phi) is 5.26. The molecule has 0 aliphatic carbocycles. The fourth-order valence-electron chi connectivity index (χ4n) is 3.76. The van der Waals surface area contributed by atoms with Crippen molar-refractivity contribution < 1.29 is 14.1 Å². The van der Waals surface area contributed by atoms with Gasteiger partial charge in [-0.15, -0.1) is 0 Å². The van der Waals surface area contributed by atoms with Crippen LogP contribution in [0.1, 0.15) is 42.5 Å². The van der Waals surface area contributed by atoms with E-state index in [0.29, 0.717) is 21.6 Å². The van der Waals surface area contributed by atoms with Gasteiger partial charge in [-0.2, -0.15) is 5.10 Å². The maximum atomic E-state index is 12.4. The summed E-state index contributed by atoms with van der Waals surface area (Å²) in [5.74, 6) is -0.580. The predicted molar refractivity (Wildman–Crippen MR) is 126 cm³/mol. The van der Waals surface area contributed by atoms with Crippen molar-refractivity contribution in [1.82, 2.24) is 5.43 Å². The molecule has 0 radical (unpaired) electrons. The second-order valence-corrected chi connectivity index (χ2v) is 8.63. The third-order valence-corrected chi connectivity index (χ3v) is 5.97. The highest BCUT2D eigenvalue weighted by molar-refractivity contribution is 6.33.